The fourth-order valence-corrected chi connectivity index (χ4v) is 3.24. The number of urea groups is 1. The third kappa shape index (κ3) is 3.96. The molecular formula is C21H19FN2O5. The summed E-state index contributed by atoms with van der Waals surface area (Å²) in [5.41, 5.74) is 1.06. The average molecular weight is 398 g/mol. The highest BCUT2D eigenvalue weighted by Gasteiger charge is 2.37. The molecule has 150 valence electrons. The standard InChI is InChI=1S/C21H19FN2O5/c1-3-29-20(27)17-12(2)24(16-9-5-7-14(11-16)19(25)26)21(28)23-18(17)13-6-4-8-15(22)10-13/h4-11,18H,3H2,1-2H3,(H,23,28)(H,25,26)/t18-/m1/s1. The second-order valence-corrected chi connectivity index (χ2v) is 6.35. The summed E-state index contributed by atoms with van der Waals surface area (Å²) in [6, 6.07) is 9.88. The molecule has 2 amide bonds. The first-order valence-corrected chi connectivity index (χ1v) is 8.90. The lowest BCUT2D eigenvalue weighted by Gasteiger charge is -2.35. The highest BCUT2D eigenvalue weighted by Crippen LogP contribution is 2.34. The number of carboxylic acids is 1. The molecule has 7 nitrogen and oxygen atoms in total. The van der Waals surface area contributed by atoms with Crippen LogP contribution in [0.15, 0.2) is 59.8 Å². The predicted molar refractivity (Wildman–Crippen MR) is 103 cm³/mol. The Hall–Kier alpha value is -3.68. The zero-order chi connectivity index (χ0) is 21.1. The molecule has 2 aromatic carbocycles. The van der Waals surface area contributed by atoms with E-state index < -0.39 is 29.8 Å². The summed E-state index contributed by atoms with van der Waals surface area (Å²) in [6.07, 6.45) is 0. The summed E-state index contributed by atoms with van der Waals surface area (Å²) in [7, 11) is 0. The topological polar surface area (TPSA) is 95.9 Å². The van der Waals surface area contributed by atoms with Crippen LogP contribution in [0.25, 0.3) is 0 Å². The molecule has 0 unspecified atom stereocenters. The van der Waals surface area contributed by atoms with Gasteiger partial charge in [-0.3, -0.25) is 4.90 Å². The molecule has 0 bridgehead atoms. The van der Waals surface area contributed by atoms with Crippen molar-refractivity contribution in [2.75, 3.05) is 11.5 Å². The third-order valence-electron chi connectivity index (χ3n) is 4.51. The van der Waals surface area contributed by atoms with Crippen molar-refractivity contribution in [2.45, 2.75) is 19.9 Å². The molecule has 0 fully saturated rings. The summed E-state index contributed by atoms with van der Waals surface area (Å²) in [5, 5.41) is 11.9. The van der Waals surface area contributed by atoms with Gasteiger partial charge in [-0.1, -0.05) is 18.2 Å². The number of hydrogen-bond donors (Lipinski definition) is 2. The first-order chi connectivity index (χ1) is 13.8. The number of nitrogens with zero attached hydrogens (tertiary/aromatic N) is 1. The van der Waals surface area contributed by atoms with Crippen LogP contribution in [-0.4, -0.2) is 29.7 Å². The van der Waals surface area contributed by atoms with Crippen molar-refractivity contribution in [2.24, 2.45) is 0 Å². The number of carbonyl (C=O) groups is 3. The third-order valence-corrected chi connectivity index (χ3v) is 4.51. The fourth-order valence-electron chi connectivity index (χ4n) is 3.24. The van der Waals surface area contributed by atoms with Crippen LogP contribution >= 0.6 is 0 Å². The molecule has 2 aromatic rings. The Morgan fingerprint density at radius 1 is 1.21 bits per heavy atom. The predicted octanol–water partition coefficient (Wildman–Crippen LogP) is 3.63. The SMILES string of the molecule is CCOC(=O)C1=C(C)N(c2cccc(C(=O)O)c2)C(=O)N[C@@H]1c1cccc(F)c1. The molecule has 0 spiro atoms. The average Bonchev–Trinajstić information content (AvgIpc) is 2.68. The van der Waals surface area contributed by atoms with E-state index in [4.69, 9.17) is 4.74 Å². The van der Waals surface area contributed by atoms with Gasteiger partial charge in [-0.25, -0.2) is 18.8 Å². The largest absolute Gasteiger partial charge is 0.478 e. The lowest BCUT2D eigenvalue weighted by molar-refractivity contribution is -0.139. The highest BCUT2D eigenvalue weighted by atomic mass is 19.1. The van der Waals surface area contributed by atoms with Gasteiger partial charge in [0.05, 0.1) is 29.5 Å². The molecule has 1 aliphatic rings. The second-order valence-electron chi connectivity index (χ2n) is 6.35. The lowest BCUT2D eigenvalue weighted by Crippen LogP contribution is -2.48. The van der Waals surface area contributed by atoms with Crippen molar-refractivity contribution in [3.63, 3.8) is 0 Å². The molecule has 1 heterocycles. The number of hydrogen-bond acceptors (Lipinski definition) is 4. The Labute approximate surface area is 166 Å². The first kappa shape index (κ1) is 20.1. The van der Waals surface area contributed by atoms with Crippen molar-refractivity contribution in [1.29, 1.82) is 0 Å². The molecule has 0 saturated heterocycles. The van der Waals surface area contributed by atoms with Gasteiger partial charge in [0, 0.05) is 5.70 Å². The van der Waals surface area contributed by atoms with Crippen molar-refractivity contribution >= 4 is 23.7 Å². The van der Waals surface area contributed by atoms with Gasteiger partial charge in [-0.2, -0.15) is 0 Å². The van der Waals surface area contributed by atoms with E-state index in [1.54, 1.807) is 26.0 Å². The number of carbonyl (C=O) groups excluding carboxylic acids is 2. The van der Waals surface area contributed by atoms with Crippen molar-refractivity contribution < 1.29 is 28.6 Å². The molecule has 1 atom stereocenters. The van der Waals surface area contributed by atoms with E-state index in [9.17, 15) is 23.9 Å². The van der Waals surface area contributed by atoms with Crippen LogP contribution in [0.4, 0.5) is 14.9 Å². The lowest BCUT2D eigenvalue weighted by atomic mass is 9.94. The number of rotatable bonds is 5. The van der Waals surface area contributed by atoms with E-state index in [-0.39, 0.29) is 29.1 Å². The summed E-state index contributed by atoms with van der Waals surface area (Å²) < 4.78 is 18.9. The van der Waals surface area contributed by atoms with Gasteiger partial charge in [0.2, 0.25) is 0 Å². The highest BCUT2D eigenvalue weighted by molar-refractivity contribution is 6.03. The minimum Gasteiger partial charge on any atom is -0.478 e. The minimum absolute atomic E-state index is 0.00645. The molecule has 0 radical (unpaired) electrons. The summed E-state index contributed by atoms with van der Waals surface area (Å²) >= 11 is 0. The molecule has 3 rings (SSSR count). The fraction of sp³-hybridized carbons (Fsp3) is 0.190. The van der Waals surface area contributed by atoms with Gasteiger partial charge in [0.1, 0.15) is 5.82 Å². The smallest absolute Gasteiger partial charge is 0.338 e. The van der Waals surface area contributed by atoms with Gasteiger partial charge in [0.25, 0.3) is 0 Å². The Morgan fingerprint density at radius 3 is 2.59 bits per heavy atom. The van der Waals surface area contributed by atoms with Crippen LogP contribution in [0.3, 0.4) is 0 Å². The Bertz CT molecular complexity index is 1020. The quantitative estimate of drug-likeness (QED) is 0.750. The van der Waals surface area contributed by atoms with E-state index in [1.807, 2.05) is 0 Å². The monoisotopic (exact) mass is 398 g/mol. The number of ether oxygens (including phenoxy) is 1. The minimum atomic E-state index is -1.14. The molecule has 2 N–H and O–H groups in total. The van der Waals surface area contributed by atoms with E-state index >= 15 is 0 Å². The second kappa shape index (κ2) is 8.14. The van der Waals surface area contributed by atoms with Crippen molar-refractivity contribution in [3.05, 3.63) is 76.7 Å². The number of halogens is 1. The number of anilines is 1. The van der Waals surface area contributed by atoms with Crippen LogP contribution in [0.2, 0.25) is 0 Å². The zero-order valence-corrected chi connectivity index (χ0v) is 15.8. The van der Waals surface area contributed by atoms with E-state index in [1.165, 1.54) is 41.3 Å². The molecular weight excluding hydrogens is 379 g/mol. The number of amides is 2. The summed E-state index contributed by atoms with van der Waals surface area (Å²) in [4.78, 5) is 38.0. The van der Waals surface area contributed by atoms with Crippen molar-refractivity contribution in [3.8, 4) is 0 Å². The Morgan fingerprint density at radius 2 is 1.93 bits per heavy atom. The Balaban J connectivity index is 2.15. The van der Waals surface area contributed by atoms with Gasteiger partial charge < -0.3 is 15.2 Å². The van der Waals surface area contributed by atoms with Gasteiger partial charge in [-0.05, 0) is 49.7 Å². The molecule has 0 aromatic heterocycles. The molecule has 0 saturated carbocycles. The number of carboxylic acid groups (broad SMARTS) is 1. The van der Waals surface area contributed by atoms with Crippen LogP contribution in [0, 0.1) is 5.82 Å². The van der Waals surface area contributed by atoms with Crippen LogP contribution in [-0.2, 0) is 9.53 Å². The number of aromatic carboxylic acids is 1. The van der Waals surface area contributed by atoms with Gasteiger partial charge in [0.15, 0.2) is 0 Å². The van der Waals surface area contributed by atoms with Gasteiger partial charge >= 0.3 is 18.0 Å². The maximum Gasteiger partial charge on any atom is 0.338 e. The van der Waals surface area contributed by atoms with Crippen LogP contribution in [0.5, 0.6) is 0 Å². The summed E-state index contributed by atoms with van der Waals surface area (Å²) in [5.74, 6) is -2.30. The van der Waals surface area contributed by atoms with Gasteiger partial charge in [-0.15, -0.1) is 0 Å². The van der Waals surface area contributed by atoms with Crippen LogP contribution < -0.4 is 10.2 Å². The molecule has 1 aliphatic heterocycles. The first-order valence-electron chi connectivity index (χ1n) is 8.90. The maximum atomic E-state index is 13.7. The van der Waals surface area contributed by atoms with E-state index in [0.29, 0.717) is 5.56 Å². The Kier molecular flexibility index (Phi) is 5.63. The van der Waals surface area contributed by atoms with Crippen LogP contribution in [0.1, 0.15) is 35.8 Å². The van der Waals surface area contributed by atoms with E-state index in [2.05, 4.69) is 5.32 Å². The number of esters is 1. The molecule has 8 heteroatoms. The zero-order valence-electron chi connectivity index (χ0n) is 15.8. The van der Waals surface area contributed by atoms with E-state index in [0.717, 1.165) is 0 Å². The number of allylic oxidation sites excluding steroid dienone is 1. The molecule has 29 heavy (non-hydrogen) atoms. The maximum absolute atomic E-state index is 13.7. The number of benzene rings is 2. The normalized spacial score (nSPS) is 16.4. The number of nitrogens with one attached hydrogen (secondary N) is 1. The summed E-state index contributed by atoms with van der Waals surface area (Å²) in [6.45, 7) is 3.33. The molecule has 0 aliphatic carbocycles. The van der Waals surface area contributed by atoms with Crippen molar-refractivity contribution in [1.82, 2.24) is 5.32 Å².